The van der Waals surface area contributed by atoms with Gasteiger partial charge in [0.05, 0.1) is 18.7 Å². The second-order valence-corrected chi connectivity index (χ2v) is 5.86. The predicted molar refractivity (Wildman–Crippen MR) is 82.1 cm³/mol. The van der Waals surface area contributed by atoms with Crippen LogP contribution in [0.3, 0.4) is 0 Å². The molecule has 1 fully saturated rings. The fourth-order valence-electron chi connectivity index (χ4n) is 2.60. The van der Waals surface area contributed by atoms with Crippen LogP contribution in [0, 0.1) is 0 Å². The molecule has 3 rings (SSSR count). The molecule has 0 aliphatic carbocycles. The summed E-state index contributed by atoms with van der Waals surface area (Å²) in [4.78, 5) is 17.7. The number of pyridine rings is 1. The number of benzene rings is 1. The summed E-state index contributed by atoms with van der Waals surface area (Å²) < 4.78 is 6.26. The van der Waals surface area contributed by atoms with E-state index in [1.807, 2.05) is 29.2 Å². The summed E-state index contributed by atoms with van der Waals surface area (Å²) in [5, 5.41) is 10.3. The van der Waals surface area contributed by atoms with Crippen molar-refractivity contribution in [3.8, 4) is 0 Å². The maximum atomic E-state index is 11.3. The van der Waals surface area contributed by atoms with E-state index in [1.54, 1.807) is 6.20 Å². The van der Waals surface area contributed by atoms with Gasteiger partial charge in [-0.3, -0.25) is 14.7 Å². The molecule has 21 heavy (non-hydrogen) atoms. The Kier molecular flexibility index (Phi) is 4.19. The van der Waals surface area contributed by atoms with E-state index < -0.39 is 12.0 Å². The third-order valence-electron chi connectivity index (χ3n) is 3.70. The molecule has 1 unspecified atom stereocenters. The molecule has 0 saturated carbocycles. The summed E-state index contributed by atoms with van der Waals surface area (Å²) in [7, 11) is 0. The van der Waals surface area contributed by atoms with E-state index in [9.17, 15) is 9.90 Å². The lowest BCUT2D eigenvalue weighted by atomic mass is 10.1. The van der Waals surface area contributed by atoms with Crippen LogP contribution in [0.2, 0.25) is 0 Å². The van der Waals surface area contributed by atoms with Crippen molar-refractivity contribution in [2.75, 3.05) is 19.8 Å². The molecule has 1 aromatic carbocycles. The van der Waals surface area contributed by atoms with Crippen molar-refractivity contribution in [2.24, 2.45) is 0 Å². The highest BCUT2D eigenvalue weighted by Crippen LogP contribution is 2.26. The lowest BCUT2D eigenvalue weighted by Crippen LogP contribution is -2.49. The van der Waals surface area contributed by atoms with Crippen molar-refractivity contribution in [3.05, 3.63) is 40.5 Å². The minimum absolute atomic E-state index is 0.233. The molecule has 110 valence electrons. The van der Waals surface area contributed by atoms with Gasteiger partial charge in [-0.15, -0.1) is 0 Å². The molecule has 0 bridgehead atoms. The van der Waals surface area contributed by atoms with E-state index in [4.69, 9.17) is 4.74 Å². The number of aliphatic carboxylic acids is 1. The lowest BCUT2D eigenvalue weighted by Gasteiger charge is -2.32. The van der Waals surface area contributed by atoms with Crippen LogP contribution in [0.1, 0.15) is 5.56 Å². The van der Waals surface area contributed by atoms with E-state index in [0.29, 0.717) is 19.7 Å². The van der Waals surface area contributed by atoms with Gasteiger partial charge in [0.25, 0.3) is 0 Å². The number of halogens is 1. The van der Waals surface area contributed by atoms with Crippen LogP contribution in [-0.4, -0.2) is 46.8 Å². The number of hydrogen-bond donors (Lipinski definition) is 1. The van der Waals surface area contributed by atoms with Gasteiger partial charge in [0.2, 0.25) is 0 Å². The SMILES string of the molecule is O=C(O)C1COCCN1Cc1ccc(Br)c2cccnc12. The van der Waals surface area contributed by atoms with Gasteiger partial charge in [-0.1, -0.05) is 28.1 Å². The summed E-state index contributed by atoms with van der Waals surface area (Å²) >= 11 is 3.52. The van der Waals surface area contributed by atoms with Crippen LogP contribution >= 0.6 is 15.9 Å². The van der Waals surface area contributed by atoms with Gasteiger partial charge in [-0.05, 0) is 17.7 Å². The van der Waals surface area contributed by atoms with Crippen LogP contribution < -0.4 is 0 Å². The van der Waals surface area contributed by atoms with Crippen LogP contribution in [0.25, 0.3) is 10.9 Å². The molecular formula is C15H15BrN2O3. The number of nitrogens with zero attached hydrogens (tertiary/aromatic N) is 2. The molecule has 1 atom stereocenters. The number of carbonyl (C=O) groups is 1. The van der Waals surface area contributed by atoms with E-state index in [0.717, 1.165) is 20.9 Å². The molecule has 0 radical (unpaired) electrons. The summed E-state index contributed by atoms with van der Waals surface area (Å²) in [6.07, 6.45) is 1.76. The normalized spacial score (nSPS) is 19.8. The molecule has 0 amide bonds. The van der Waals surface area contributed by atoms with Crippen LogP contribution in [0.5, 0.6) is 0 Å². The summed E-state index contributed by atoms with van der Waals surface area (Å²) in [5.41, 5.74) is 1.93. The summed E-state index contributed by atoms with van der Waals surface area (Å²) in [5.74, 6) is -0.843. The quantitative estimate of drug-likeness (QED) is 0.919. The number of ether oxygens (including phenoxy) is 1. The van der Waals surface area contributed by atoms with Gasteiger partial charge in [0.1, 0.15) is 6.04 Å². The highest BCUT2D eigenvalue weighted by molar-refractivity contribution is 9.10. The molecule has 1 aliphatic rings. The largest absolute Gasteiger partial charge is 0.480 e. The first kappa shape index (κ1) is 14.4. The highest BCUT2D eigenvalue weighted by atomic mass is 79.9. The van der Waals surface area contributed by atoms with Gasteiger partial charge in [-0.2, -0.15) is 0 Å². The second-order valence-electron chi connectivity index (χ2n) is 5.01. The zero-order chi connectivity index (χ0) is 14.8. The van der Waals surface area contributed by atoms with Crippen LogP contribution in [0.4, 0.5) is 0 Å². The number of morpholine rings is 1. The number of carboxylic acid groups (broad SMARTS) is 1. The maximum Gasteiger partial charge on any atom is 0.323 e. The van der Waals surface area contributed by atoms with Gasteiger partial charge in [-0.25, -0.2) is 0 Å². The molecule has 1 aliphatic heterocycles. The van der Waals surface area contributed by atoms with E-state index in [2.05, 4.69) is 20.9 Å². The Morgan fingerprint density at radius 1 is 1.48 bits per heavy atom. The zero-order valence-corrected chi connectivity index (χ0v) is 12.9. The molecule has 6 heteroatoms. The Hall–Kier alpha value is -1.50. The lowest BCUT2D eigenvalue weighted by molar-refractivity contribution is -0.150. The smallest absolute Gasteiger partial charge is 0.323 e. The maximum absolute atomic E-state index is 11.3. The molecule has 0 spiro atoms. The average Bonchev–Trinajstić information content (AvgIpc) is 2.51. The molecule has 1 saturated heterocycles. The van der Waals surface area contributed by atoms with Gasteiger partial charge < -0.3 is 9.84 Å². The zero-order valence-electron chi connectivity index (χ0n) is 11.3. The van der Waals surface area contributed by atoms with Gasteiger partial charge >= 0.3 is 5.97 Å². The molecule has 2 aromatic rings. The predicted octanol–water partition coefficient (Wildman–Crippen LogP) is 2.28. The van der Waals surface area contributed by atoms with E-state index in [1.165, 1.54) is 0 Å². The molecule has 2 heterocycles. The van der Waals surface area contributed by atoms with Gasteiger partial charge in [0, 0.05) is 29.1 Å². The Morgan fingerprint density at radius 2 is 2.33 bits per heavy atom. The fourth-order valence-corrected chi connectivity index (χ4v) is 3.05. The first-order valence-corrected chi connectivity index (χ1v) is 7.53. The van der Waals surface area contributed by atoms with Crippen molar-refractivity contribution in [1.82, 2.24) is 9.88 Å². The molecule has 1 aromatic heterocycles. The number of carboxylic acids is 1. The monoisotopic (exact) mass is 350 g/mol. The first-order valence-electron chi connectivity index (χ1n) is 6.73. The minimum atomic E-state index is -0.843. The Labute approximate surface area is 130 Å². The Morgan fingerprint density at radius 3 is 3.14 bits per heavy atom. The second kappa shape index (κ2) is 6.09. The fraction of sp³-hybridized carbons (Fsp3) is 0.333. The first-order chi connectivity index (χ1) is 10.2. The third kappa shape index (κ3) is 2.92. The number of hydrogen-bond acceptors (Lipinski definition) is 4. The minimum Gasteiger partial charge on any atom is -0.480 e. The van der Waals surface area contributed by atoms with Gasteiger partial charge in [0.15, 0.2) is 0 Å². The average molecular weight is 351 g/mol. The van der Waals surface area contributed by atoms with Crippen molar-refractivity contribution >= 4 is 32.8 Å². The van der Waals surface area contributed by atoms with E-state index >= 15 is 0 Å². The van der Waals surface area contributed by atoms with Crippen LogP contribution in [-0.2, 0) is 16.1 Å². The summed E-state index contributed by atoms with van der Waals surface area (Å²) in [6.45, 7) is 1.96. The van der Waals surface area contributed by atoms with Crippen molar-refractivity contribution in [3.63, 3.8) is 0 Å². The van der Waals surface area contributed by atoms with Crippen molar-refractivity contribution in [1.29, 1.82) is 0 Å². The number of aromatic nitrogens is 1. The molecule has 5 nitrogen and oxygen atoms in total. The highest BCUT2D eigenvalue weighted by Gasteiger charge is 2.29. The standard InChI is InChI=1S/C15H15BrN2O3/c16-12-4-3-10(14-11(12)2-1-5-17-14)8-18-6-7-21-9-13(18)15(19)20/h1-5,13H,6-9H2,(H,19,20). The third-order valence-corrected chi connectivity index (χ3v) is 4.39. The van der Waals surface area contributed by atoms with Crippen molar-refractivity contribution in [2.45, 2.75) is 12.6 Å². The molecular weight excluding hydrogens is 336 g/mol. The Bertz CT molecular complexity index is 677. The number of fused-ring (bicyclic) bond motifs is 1. The topological polar surface area (TPSA) is 62.7 Å². The van der Waals surface area contributed by atoms with Crippen LogP contribution in [0.15, 0.2) is 34.9 Å². The Balaban J connectivity index is 1.94. The van der Waals surface area contributed by atoms with E-state index in [-0.39, 0.29) is 6.61 Å². The van der Waals surface area contributed by atoms with Crippen molar-refractivity contribution < 1.29 is 14.6 Å². The summed E-state index contributed by atoms with van der Waals surface area (Å²) in [6, 6.07) is 7.28. The molecule has 1 N–H and O–H groups in total. The number of rotatable bonds is 3.